The van der Waals surface area contributed by atoms with Crippen molar-refractivity contribution in [2.24, 2.45) is 11.8 Å². The molecule has 5 rings (SSSR count). The van der Waals surface area contributed by atoms with Gasteiger partial charge in [-0.1, -0.05) is 24.8 Å². The molecule has 7 nitrogen and oxygen atoms in total. The van der Waals surface area contributed by atoms with Gasteiger partial charge >= 0.3 is 12.1 Å². The van der Waals surface area contributed by atoms with E-state index in [2.05, 4.69) is 6.58 Å². The highest BCUT2D eigenvalue weighted by Crippen LogP contribution is 2.64. The molecule has 32 heavy (non-hydrogen) atoms. The molecule has 12 heteroatoms. The minimum Gasteiger partial charge on any atom is -0.454 e. The summed E-state index contributed by atoms with van der Waals surface area (Å²) in [7, 11) is -3.80. The molecule has 0 spiro atoms. The van der Waals surface area contributed by atoms with E-state index in [-0.39, 0.29) is 42.4 Å². The van der Waals surface area contributed by atoms with Crippen LogP contribution in [0.5, 0.6) is 0 Å². The fourth-order valence-corrected chi connectivity index (χ4v) is 9.92. The van der Waals surface area contributed by atoms with Gasteiger partial charge in [-0.15, -0.1) is 0 Å². The van der Waals surface area contributed by atoms with Gasteiger partial charge < -0.3 is 4.74 Å². The SMILES string of the molecule is C=C(C(=O)OC12CC3CC(C1)CC([N+](=O)[O-])(C3)C2SS(=O)(=O)c1ccccc1)C(F)(F)F. The molecule has 1 aromatic rings. The maximum absolute atomic E-state index is 13.1. The number of halogens is 3. The first kappa shape index (κ1) is 23.1. The van der Waals surface area contributed by atoms with E-state index in [0.29, 0.717) is 17.2 Å². The van der Waals surface area contributed by atoms with Gasteiger partial charge in [-0.05, 0) is 54.0 Å². The summed E-state index contributed by atoms with van der Waals surface area (Å²) in [5.74, 6) is -2.20. The molecule has 0 saturated heterocycles. The first-order valence-electron chi connectivity index (χ1n) is 9.91. The molecule has 0 amide bonds. The van der Waals surface area contributed by atoms with E-state index in [9.17, 15) is 36.5 Å². The second-order valence-corrected chi connectivity index (χ2v) is 12.8. The average molecular weight is 492 g/mol. The molecule has 4 bridgehead atoms. The number of hydrogen-bond donors (Lipinski definition) is 0. The predicted molar refractivity (Wildman–Crippen MR) is 109 cm³/mol. The Morgan fingerprint density at radius 1 is 1.16 bits per heavy atom. The zero-order valence-corrected chi connectivity index (χ0v) is 18.3. The Bertz CT molecular complexity index is 1060. The van der Waals surface area contributed by atoms with Crippen LogP contribution >= 0.6 is 10.8 Å². The summed E-state index contributed by atoms with van der Waals surface area (Å²) in [5, 5.41) is 10.9. The number of nitro groups is 1. The van der Waals surface area contributed by atoms with Crippen molar-refractivity contribution in [3.8, 4) is 0 Å². The number of carbonyl (C=O) groups excluding carboxylic acids is 1. The number of ether oxygens (including phenoxy) is 1. The van der Waals surface area contributed by atoms with E-state index in [1.165, 1.54) is 24.3 Å². The van der Waals surface area contributed by atoms with E-state index >= 15 is 0 Å². The minimum atomic E-state index is -5.03. The van der Waals surface area contributed by atoms with Crippen molar-refractivity contribution in [2.75, 3.05) is 0 Å². The topological polar surface area (TPSA) is 104 Å². The normalized spacial score (nSPS) is 33.7. The second-order valence-electron chi connectivity index (χ2n) is 8.82. The standard InChI is InChI=1S/C20H20F3NO6S2/c1-12(20(21,22)23)16(25)30-19-10-13-7-14(11-19)9-18(8-13,24(26)27)17(19)31-32(28,29)15-5-3-2-4-6-15/h2-6,13-14,17H,1,7-11H2. The first-order valence-corrected chi connectivity index (χ1v) is 12.8. The summed E-state index contributed by atoms with van der Waals surface area (Å²) in [6.45, 7) is 2.77. The Kier molecular flexibility index (Phi) is 5.39. The third-order valence-electron chi connectivity index (χ3n) is 6.69. The van der Waals surface area contributed by atoms with Gasteiger partial charge in [0.1, 0.15) is 16.4 Å². The van der Waals surface area contributed by atoms with E-state index < -0.39 is 47.9 Å². The van der Waals surface area contributed by atoms with Crippen LogP contribution in [0.3, 0.4) is 0 Å². The summed E-state index contributed by atoms with van der Waals surface area (Å²) < 4.78 is 70.7. The summed E-state index contributed by atoms with van der Waals surface area (Å²) in [5.41, 5.74) is -5.14. The molecule has 4 aliphatic rings. The van der Waals surface area contributed by atoms with Gasteiger partial charge in [-0.2, -0.15) is 13.2 Å². The lowest BCUT2D eigenvalue weighted by atomic mass is 9.50. The Balaban J connectivity index is 1.77. The molecule has 0 heterocycles. The summed E-state index contributed by atoms with van der Waals surface area (Å²) in [6, 6.07) is 7.27. The van der Waals surface area contributed by atoms with Gasteiger partial charge in [0.2, 0.25) is 14.4 Å². The maximum atomic E-state index is 13.1. The molecule has 174 valence electrons. The van der Waals surface area contributed by atoms with Crippen LogP contribution in [0.2, 0.25) is 0 Å². The number of hydrogen-bond acceptors (Lipinski definition) is 7. The van der Waals surface area contributed by atoms with E-state index in [4.69, 9.17) is 4.74 Å². The zero-order valence-electron chi connectivity index (χ0n) is 16.7. The smallest absolute Gasteiger partial charge is 0.422 e. The molecule has 4 aliphatic carbocycles. The van der Waals surface area contributed by atoms with Crippen molar-refractivity contribution in [3.05, 3.63) is 52.6 Å². The van der Waals surface area contributed by atoms with Crippen molar-refractivity contribution in [2.45, 2.75) is 59.6 Å². The van der Waals surface area contributed by atoms with Gasteiger partial charge in [-0.3, -0.25) is 10.1 Å². The quantitative estimate of drug-likeness (QED) is 0.194. The molecule has 3 unspecified atom stereocenters. The lowest BCUT2D eigenvalue weighted by Gasteiger charge is -2.60. The van der Waals surface area contributed by atoms with Crippen LogP contribution in [0.4, 0.5) is 13.2 Å². The van der Waals surface area contributed by atoms with Gasteiger partial charge in [0.25, 0.3) is 0 Å². The number of carbonyl (C=O) groups is 1. The highest BCUT2D eigenvalue weighted by Gasteiger charge is 2.73. The lowest BCUT2D eigenvalue weighted by molar-refractivity contribution is -0.589. The van der Waals surface area contributed by atoms with E-state index in [1.54, 1.807) is 6.07 Å². The number of benzene rings is 1. The van der Waals surface area contributed by atoms with E-state index in [1.807, 2.05) is 0 Å². The second kappa shape index (κ2) is 7.47. The Morgan fingerprint density at radius 2 is 1.72 bits per heavy atom. The molecule has 3 atom stereocenters. The molecule has 4 fully saturated rings. The van der Waals surface area contributed by atoms with Crippen LogP contribution < -0.4 is 0 Å². The fourth-order valence-electron chi connectivity index (χ4n) is 5.70. The Labute approximate surface area is 185 Å². The summed E-state index contributed by atoms with van der Waals surface area (Å²) in [6.07, 6.45) is -4.04. The Hall–Kier alpha value is -2.08. The third-order valence-corrected chi connectivity index (χ3v) is 10.8. The monoisotopic (exact) mass is 491 g/mol. The molecular formula is C20H20F3NO6S2. The molecule has 0 N–H and O–H groups in total. The van der Waals surface area contributed by atoms with Crippen LogP contribution in [0.25, 0.3) is 0 Å². The minimum absolute atomic E-state index is 0.0813. The van der Waals surface area contributed by atoms with Gasteiger partial charge in [0.15, 0.2) is 0 Å². The van der Waals surface area contributed by atoms with Crippen molar-refractivity contribution >= 4 is 25.6 Å². The molecule has 0 radical (unpaired) electrons. The number of esters is 1. The summed E-state index contributed by atoms with van der Waals surface area (Å²) >= 11 is 0. The summed E-state index contributed by atoms with van der Waals surface area (Å²) in [4.78, 5) is 24.0. The van der Waals surface area contributed by atoms with Gasteiger partial charge in [0.05, 0.1) is 4.90 Å². The van der Waals surface area contributed by atoms with Crippen LogP contribution in [-0.4, -0.2) is 41.9 Å². The highest BCUT2D eigenvalue weighted by atomic mass is 33.1. The molecule has 1 aromatic carbocycles. The number of nitrogens with zero attached hydrogens (tertiary/aromatic N) is 1. The lowest BCUT2D eigenvalue weighted by Crippen LogP contribution is -2.71. The third kappa shape index (κ3) is 3.70. The number of alkyl halides is 3. The van der Waals surface area contributed by atoms with Gasteiger partial charge in [0, 0.05) is 17.8 Å². The predicted octanol–water partition coefficient (Wildman–Crippen LogP) is 4.12. The molecular weight excluding hydrogens is 471 g/mol. The first-order chi connectivity index (χ1) is 14.8. The van der Waals surface area contributed by atoms with Gasteiger partial charge in [-0.25, -0.2) is 13.2 Å². The van der Waals surface area contributed by atoms with E-state index in [0.717, 1.165) is 0 Å². The Morgan fingerprint density at radius 3 is 2.22 bits per heavy atom. The van der Waals surface area contributed by atoms with Crippen LogP contribution in [0, 0.1) is 22.0 Å². The molecule has 4 saturated carbocycles. The molecule has 0 aliphatic heterocycles. The van der Waals surface area contributed by atoms with Crippen molar-refractivity contribution < 1.29 is 36.0 Å². The van der Waals surface area contributed by atoms with Crippen LogP contribution in [0.1, 0.15) is 32.1 Å². The highest BCUT2D eigenvalue weighted by molar-refractivity contribution is 8.72. The average Bonchev–Trinajstić information content (AvgIpc) is 2.69. The molecule has 0 aromatic heterocycles. The van der Waals surface area contributed by atoms with Crippen molar-refractivity contribution in [3.63, 3.8) is 0 Å². The largest absolute Gasteiger partial charge is 0.454 e. The zero-order chi connectivity index (χ0) is 23.5. The maximum Gasteiger partial charge on any atom is 0.422 e. The fraction of sp³-hybridized carbons (Fsp3) is 0.550. The number of rotatable bonds is 6. The van der Waals surface area contributed by atoms with Crippen LogP contribution in [-0.2, 0) is 18.4 Å². The van der Waals surface area contributed by atoms with Crippen LogP contribution in [0.15, 0.2) is 47.4 Å². The van der Waals surface area contributed by atoms with Crippen molar-refractivity contribution in [1.29, 1.82) is 0 Å². The van der Waals surface area contributed by atoms with Crippen molar-refractivity contribution in [1.82, 2.24) is 0 Å².